The van der Waals surface area contributed by atoms with Crippen LogP contribution in [0.15, 0.2) is 72.8 Å². The Kier molecular flexibility index (Phi) is 6.73. The number of benzene rings is 3. The molecule has 0 aliphatic carbocycles. The van der Waals surface area contributed by atoms with Crippen LogP contribution in [0.25, 0.3) is 10.9 Å². The smallest absolute Gasteiger partial charge is 0.332 e. The summed E-state index contributed by atoms with van der Waals surface area (Å²) in [7, 11) is 3.21. The molecule has 4 amide bonds. The monoisotopic (exact) mass is 538 g/mol. The number of H-pyrrole nitrogens is 1. The molecular weight excluding hydrogens is 508 g/mol. The molecule has 2 aliphatic rings. The van der Waals surface area contributed by atoms with E-state index in [9.17, 15) is 14.4 Å². The summed E-state index contributed by atoms with van der Waals surface area (Å²) in [5.41, 5.74) is 4.26. The van der Waals surface area contributed by atoms with Crippen LogP contribution in [-0.4, -0.2) is 61.1 Å². The van der Waals surface area contributed by atoms with Gasteiger partial charge in [0.25, 0.3) is 11.8 Å². The number of methoxy groups -OCH3 is 2. The molecule has 0 radical (unpaired) electrons. The molecule has 0 saturated carbocycles. The highest BCUT2D eigenvalue weighted by Crippen LogP contribution is 2.45. The van der Waals surface area contributed by atoms with Crippen molar-refractivity contribution in [2.75, 3.05) is 32.3 Å². The van der Waals surface area contributed by atoms with E-state index in [2.05, 4.69) is 10.3 Å². The van der Waals surface area contributed by atoms with Crippen LogP contribution < -0.4 is 15.0 Å². The fourth-order valence-corrected chi connectivity index (χ4v) is 5.80. The van der Waals surface area contributed by atoms with Crippen molar-refractivity contribution in [2.45, 2.75) is 24.9 Å². The number of nitrogens with zero attached hydrogens (tertiary/aromatic N) is 2. The first kappa shape index (κ1) is 25.6. The summed E-state index contributed by atoms with van der Waals surface area (Å²) in [5, 5.41) is 3.90. The normalized spacial score (nSPS) is 18.1. The fraction of sp³-hybridized carbons (Fsp3) is 0.258. The van der Waals surface area contributed by atoms with Crippen molar-refractivity contribution in [2.24, 2.45) is 0 Å². The minimum absolute atomic E-state index is 0.270. The molecule has 4 aromatic rings. The van der Waals surface area contributed by atoms with Crippen molar-refractivity contribution >= 4 is 34.4 Å². The summed E-state index contributed by atoms with van der Waals surface area (Å²) in [6.07, 6.45) is 1.02. The van der Waals surface area contributed by atoms with Gasteiger partial charge < -0.3 is 19.8 Å². The number of carbonyl (C=O) groups excluding carboxylic acids is 3. The van der Waals surface area contributed by atoms with E-state index >= 15 is 0 Å². The van der Waals surface area contributed by atoms with Gasteiger partial charge in [0.15, 0.2) is 0 Å². The Balaban J connectivity index is 1.42. The highest BCUT2D eigenvalue weighted by molar-refractivity contribution is 6.24. The van der Waals surface area contributed by atoms with E-state index in [-0.39, 0.29) is 23.1 Å². The van der Waals surface area contributed by atoms with Gasteiger partial charge in [-0.2, -0.15) is 0 Å². The quantitative estimate of drug-likeness (QED) is 0.255. The number of fused-ring (bicyclic) bond motifs is 4. The largest absolute Gasteiger partial charge is 0.497 e. The predicted molar refractivity (Wildman–Crippen MR) is 151 cm³/mol. The van der Waals surface area contributed by atoms with Gasteiger partial charge in [-0.3, -0.25) is 14.5 Å². The zero-order valence-electron chi connectivity index (χ0n) is 22.3. The van der Waals surface area contributed by atoms with E-state index in [1.54, 1.807) is 43.4 Å². The van der Waals surface area contributed by atoms with Crippen LogP contribution in [0.2, 0.25) is 0 Å². The first-order valence-corrected chi connectivity index (χ1v) is 13.3. The number of para-hydroxylation sites is 2. The van der Waals surface area contributed by atoms with Gasteiger partial charge in [0, 0.05) is 43.3 Å². The topological polar surface area (TPSA) is 104 Å². The highest BCUT2D eigenvalue weighted by atomic mass is 16.5. The predicted octanol–water partition coefficient (Wildman–Crippen LogP) is 4.43. The molecule has 9 heteroatoms. The molecule has 0 spiro atoms. The Labute approximate surface area is 231 Å². The first-order valence-electron chi connectivity index (χ1n) is 13.3. The summed E-state index contributed by atoms with van der Waals surface area (Å²) < 4.78 is 10.4. The average Bonchev–Trinajstić information content (AvgIpc) is 3.48. The summed E-state index contributed by atoms with van der Waals surface area (Å²) in [4.78, 5) is 47.7. The van der Waals surface area contributed by atoms with Gasteiger partial charge in [-0.25, -0.2) is 9.69 Å². The number of rotatable bonds is 8. The maximum Gasteiger partial charge on any atom is 0.332 e. The van der Waals surface area contributed by atoms with Crippen molar-refractivity contribution < 1.29 is 23.9 Å². The number of amides is 4. The van der Waals surface area contributed by atoms with Gasteiger partial charge in [0.2, 0.25) is 0 Å². The number of hydrogen-bond acceptors (Lipinski definition) is 5. The van der Waals surface area contributed by atoms with Crippen LogP contribution in [0.3, 0.4) is 0 Å². The van der Waals surface area contributed by atoms with Crippen LogP contribution in [0.1, 0.15) is 39.6 Å². The molecule has 2 N–H and O–H groups in total. The van der Waals surface area contributed by atoms with E-state index in [1.807, 2.05) is 48.5 Å². The molecule has 204 valence electrons. The lowest BCUT2D eigenvalue weighted by Crippen LogP contribution is -2.44. The summed E-state index contributed by atoms with van der Waals surface area (Å²) in [6.45, 7) is 0.933. The van der Waals surface area contributed by atoms with Crippen LogP contribution >= 0.6 is 0 Å². The third-order valence-electron chi connectivity index (χ3n) is 7.68. The van der Waals surface area contributed by atoms with Crippen molar-refractivity contribution in [3.63, 3.8) is 0 Å². The minimum atomic E-state index is -0.718. The van der Waals surface area contributed by atoms with Gasteiger partial charge in [0.05, 0.1) is 18.4 Å². The number of aromatic nitrogens is 1. The maximum atomic E-state index is 14.2. The number of anilines is 1. The lowest BCUT2D eigenvalue weighted by Gasteiger charge is -2.36. The second-order valence-electron chi connectivity index (χ2n) is 9.94. The number of hydrogen-bond donors (Lipinski definition) is 2. The molecule has 3 heterocycles. The molecule has 2 unspecified atom stereocenters. The average molecular weight is 539 g/mol. The van der Waals surface area contributed by atoms with E-state index in [4.69, 9.17) is 9.47 Å². The molecule has 1 saturated heterocycles. The molecular formula is C31H30N4O5. The van der Waals surface area contributed by atoms with E-state index in [1.165, 1.54) is 4.90 Å². The molecule has 3 aromatic carbocycles. The Hall–Kier alpha value is -4.63. The van der Waals surface area contributed by atoms with Crippen LogP contribution in [0.4, 0.5) is 10.5 Å². The Morgan fingerprint density at radius 3 is 2.52 bits per heavy atom. The van der Waals surface area contributed by atoms with Crippen molar-refractivity contribution in [3.05, 3.63) is 95.2 Å². The Morgan fingerprint density at radius 1 is 1.00 bits per heavy atom. The lowest BCUT2D eigenvalue weighted by molar-refractivity contribution is -0.120. The third-order valence-corrected chi connectivity index (χ3v) is 7.68. The van der Waals surface area contributed by atoms with Gasteiger partial charge in [0.1, 0.15) is 17.8 Å². The number of ether oxygens (including phenoxy) is 2. The Morgan fingerprint density at radius 2 is 1.75 bits per heavy atom. The number of carbonyl (C=O) groups is 3. The minimum Gasteiger partial charge on any atom is -0.497 e. The van der Waals surface area contributed by atoms with Crippen LogP contribution in [0, 0.1) is 0 Å². The van der Waals surface area contributed by atoms with Gasteiger partial charge in [-0.05, 0) is 47.9 Å². The lowest BCUT2D eigenvalue weighted by atomic mass is 9.89. The highest BCUT2D eigenvalue weighted by Gasteiger charge is 2.53. The van der Waals surface area contributed by atoms with Gasteiger partial charge in [-0.15, -0.1) is 0 Å². The second kappa shape index (κ2) is 10.5. The molecule has 2 aliphatic heterocycles. The molecule has 9 nitrogen and oxygen atoms in total. The van der Waals surface area contributed by atoms with Crippen molar-refractivity contribution in [1.82, 2.24) is 15.2 Å². The molecule has 1 aromatic heterocycles. The van der Waals surface area contributed by atoms with Crippen molar-refractivity contribution in [3.8, 4) is 5.75 Å². The van der Waals surface area contributed by atoms with Gasteiger partial charge >= 0.3 is 6.03 Å². The molecule has 0 bridgehead atoms. The van der Waals surface area contributed by atoms with Crippen LogP contribution in [-0.2, 0) is 16.0 Å². The standard InChI is InChI=1S/C31H30N4O5/c1-39-17-7-16-32-29(36)22-9-4-6-11-25(22)35-30(37)26-18-23-21-8-3-5-10-24(21)33-27(23)28(34(26)31(35)38)19-12-14-20(40-2)15-13-19/h3-6,8-15,26,28,33H,7,16-18H2,1-2H3,(H,32,36). The summed E-state index contributed by atoms with van der Waals surface area (Å²) >= 11 is 0. The Bertz CT molecular complexity index is 1600. The molecule has 2 atom stereocenters. The maximum absolute atomic E-state index is 14.2. The van der Waals surface area contributed by atoms with E-state index < -0.39 is 18.1 Å². The van der Waals surface area contributed by atoms with E-state index in [0.29, 0.717) is 31.7 Å². The summed E-state index contributed by atoms with van der Waals surface area (Å²) in [6, 6.07) is 20.5. The number of imide groups is 1. The number of urea groups is 1. The SMILES string of the molecule is COCCCNC(=O)c1ccccc1N1C(=O)C2Cc3c([nH]c4ccccc34)C(c3ccc(OC)cc3)N2C1=O. The second-order valence-corrected chi connectivity index (χ2v) is 9.94. The third kappa shape index (κ3) is 4.19. The molecule has 6 rings (SSSR count). The van der Waals surface area contributed by atoms with Crippen LogP contribution in [0.5, 0.6) is 5.75 Å². The molecule has 40 heavy (non-hydrogen) atoms. The zero-order chi connectivity index (χ0) is 27.8. The van der Waals surface area contributed by atoms with E-state index in [0.717, 1.165) is 27.7 Å². The summed E-state index contributed by atoms with van der Waals surface area (Å²) in [5.74, 6) is 0.00281. The zero-order valence-corrected chi connectivity index (χ0v) is 22.3. The molecule has 1 fully saturated rings. The fourth-order valence-electron chi connectivity index (χ4n) is 5.80. The number of nitrogens with one attached hydrogen (secondary N) is 2. The van der Waals surface area contributed by atoms with Crippen molar-refractivity contribution in [1.29, 1.82) is 0 Å². The van der Waals surface area contributed by atoms with Gasteiger partial charge in [-0.1, -0.05) is 42.5 Å². The first-order chi connectivity index (χ1) is 19.5. The number of aromatic amines is 1.